The van der Waals surface area contributed by atoms with Gasteiger partial charge in [-0.05, 0) is 100 Å². The van der Waals surface area contributed by atoms with Crippen LogP contribution in [0.2, 0.25) is 0 Å². The first kappa shape index (κ1) is 26.9. The molecule has 2 saturated heterocycles. The number of hydrogen-bond acceptors (Lipinski definition) is 7. The molecule has 41 heavy (non-hydrogen) atoms. The molecule has 4 aliphatic rings. The van der Waals surface area contributed by atoms with E-state index >= 15 is 4.39 Å². The van der Waals surface area contributed by atoms with Gasteiger partial charge in [-0.1, -0.05) is 25.0 Å². The molecular formula is C33H41FN4O3. The van der Waals surface area contributed by atoms with Crippen LogP contribution in [0.5, 0.6) is 11.8 Å². The lowest BCUT2D eigenvalue weighted by atomic mass is 9.76. The fraction of sp³-hybridized carbons (Fsp3) is 0.576. The number of aromatic nitrogens is 2. The molecule has 3 heterocycles. The molecule has 0 spiro atoms. The molecule has 0 radical (unpaired) electrons. The number of anilines is 1. The zero-order valence-electron chi connectivity index (χ0n) is 24.0. The summed E-state index contributed by atoms with van der Waals surface area (Å²) in [7, 11) is 2.21. The Labute approximate surface area is 241 Å². The van der Waals surface area contributed by atoms with Crippen LogP contribution in [0.15, 0.2) is 30.3 Å². The minimum atomic E-state index is -0.449. The lowest BCUT2D eigenvalue weighted by molar-refractivity contribution is 0.0133. The van der Waals surface area contributed by atoms with E-state index in [1.54, 1.807) is 18.2 Å². The van der Waals surface area contributed by atoms with Crippen LogP contribution in [0.1, 0.15) is 75.7 Å². The fourth-order valence-electron chi connectivity index (χ4n) is 8.02. The summed E-state index contributed by atoms with van der Waals surface area (Å²) in [6.07, 6.45) is 10.2. The monoisotopic (exact) mass is 560 g/mol. The number of aliphatic hydroxyl groups is 1. The number of aliphatic hydroxyl groups excluding tert-OH is 1. The molecule has 2 aliphatic heterocycles. The molecule has 3 aromatic rings. The van der Waals surface area contributed by atoms with E-state index in [1.807, 2.05) is 17.0 Å². The normalized spacial score (nSPS) is 27.1. The fourth-order valence-corrected chi connectivity index (χ4v) is 8.02. The average molecular weight is 561 g/mol. The van der Waals surface area contributed by atoms with Crippen LogP contribution in [-0.4, -0.2) is 70.5 Å². The summed E-state index contributed by atoms with van der Waals surface area (Å²) in [6, 6.07) is 9.69. The van der Waals surface area contributed by atoms with E-state index in [4.69, 9.17) is 14.7 Å². The molecule has 2 aliphatic carbocycles. The molecule has 0 amide bonds. The highest BCUT2D eigenvalue weighted by Crippen LogP contribution is 2.48. The number of phenolic OH excluding ortho intramolecular Hbond substituents is 1. The second kappa shape index (κ2) is 10.7. The number of fused-ring (bicyclic) bond motifs is 2. The van der Waals surface area contributed by atoms with Crippen molar-refractivity contribution >= 4 is 16.7 Å². The number of piperidine rings is 2. The maximum atomic E-state index is 16.6. The summed E-state index contributed by atoms with van der Waals surface area (Å²) >= 11 is 0. The number of halogens is 1. The molecule has 4 fully saturated rings. The molecule has 0 bridgehead atoms. The Balaban J connectivity index is 1.31. The Hall–Kier alpha value is -2.97. The van der Waals surface area contributed by atoms with Crippen molar-refractivity contribution < 1.29 is 19.3 Å². The van der Waals surface area contributed by atoms with Crippen molar-refractivity contribution in [3.05, 3.63) is 41.7 Å². The van der Waals surface area contributed by atoms with Gasteiger partial charge < -0.3 is 24.7 Å². The van der Waals surface area contributed by atoms with Crippen molar-refractivity contribution in [3.8, 4) is 22.9 Å². The standard InChI is InChI=1S/C33H41FN4O3/c1-37-16-5-15-33(14-3-9-28(33)37)20-41-32-35-30-26(31(36-32)38-17-4-8-23(40)19-38)13-12-25(29(30)34)27-18-22(39)10-11-24(27)21-6-2-7-21/h10-13,18,21,23,28,39-40H,2-9,14-17,19-20H2,1H3. The number of benzene rings is 2. The van der Waals surface area contributed by atoms with Gasteiger partial charge in [0.25, 0.3) is 0 Å². The highest BCUT2D eigenvalue weighted by atomic mass is 19.1. The van der Waals surface area contributed by atoms with Gasteiger partial charge in [0.15, 0.2) is 5.82 Å². The topological polar surface area (TPSA) is 82.0 Å². The molecule has 2 saturated carbocycles. The summed E-state index contributed by atoms with van der Waals surface area (Å²) < 4.78 is 23.0. The van der Waals surface area contributed by atoms with Crippen molar-refractivity contribution in [1.82, 2.24) is 14.9 Å². The minimum absolute atomic E-state index is 0.0758. The molecule has 7 nitrogen and oxygen atoms in total. The molecule has 2 N–H and O–H groups in total. The Bertz CT molecular complexity index is 1450. The van der Waals surface area contributed by atoms with Crippen LogP contribution in [0.3, 0.4) is 0 Å². The third kappa shape index (κ3) is 4.83. The van der Waals surface area contributed by atoms with Crippen molar-refractivity contribution in [2.75, 3.05) is 38.2 Å². The highest BCUT2D eigenvalue weighted by molar-refractivity contribution is 5.94. The number of β-amino-alcohol motifs (C(OH)–C–C–N with tert-alkyl or cyclic N) is 1. The lowest BCUT2D eigenvalue weighted by Gasteiger charge is -2.44. The number of aromatic hydroxyl groups is 1. The third-order valence-electron chi connectivity index (χ3n) is 10.4. The first-order chi connectivity index (χ1) is 19.9. The summed E-state index contributed by atoms with van der Waals surface area (Å²) in [6.45, 7) is 2.83. The zero-order chi connectivity index (χ0) is 28.1. The molecular weight excluding hydrogens is 519 g/mol. The maximum Gasteiger partial charge on any atom is 0.319 e. The number of phenols is 1. The number of nitrogens with zero attached hydrogens (tertiary/aromatic N) is 4. The van der Waals surface area contributed by atoms with Crippen LogP contribution < -0.4 is 9.64 Å². The van der Waals surface area contributed by atoms with E-state index in [1.165, 1.54) is 19.3 Å². The molecule has 2 aromatic carbocycles. The summed E-state index contributed by atoms with van der Waals surface area (Å²) in [4.78, 5) is 14.1. The van der Waals surface area contributed by atoms with Crippen molar-refractivity contribution in [2.45, 2.75) is 82.3 Å². The van der Waals surface area contributed by atoms with Gasteiger partial charge in [-0.15, -0.1) is 0 Å². The van der Waals surface area contributed by atoms with E-state index in [2.05, 4.69) is 11.9 Å². The SMILES string of the molecule is CN1CCCC2(COc3nc(N4CCCC(O)C4)c4ccc(-c5cc(O)ccc5C5CCC5)c(F)c4n3)CCCC12. The van der Waals surface area contributed by atoms with Gasteiger partial charge in [-0.3, -0.25) is 0 Å². The first-order valence-corrected chi connectivity index (χ1v) is 15.5. The predicted molar refractivity (Wildman–Crippen MR) is 158 cm³/mol. The summed E-state index contributed by atoms with van der Waals surface area (Å²) in [5.74, 6) is 0.697. The lowest BCUT2D eigenvalue weighted by Crippen LogP contribution is -2.50. The Morgan fingerprint density at radius 3 is 2.63 bits per heavy atom. The van der Waals surface area contributed by atoms with Crippen molar-refractivity contribution in [1.29, 1.82) is 0 Å². The predicted octanol–water partition coefficient (Wildman–Crippen LogP) is 6.01. The van der Waals surface area contributed by atoms with Gasteiger partial charge in [0, 0.05) is 35.5 Å². The smallest absolute Gasteiger partial charge is 0.319 e. The Morgan fingerprint density at radius 2 is 1.83 bits per heavy atom. The Morgan fingerprint density at radius 1 is 0.976 bits per heavy atom. The molecule has 3 unspecified atom stereocenters. The average Bonchev–Trinajstić information content (AvgIpc) is 3.38. The molecule has 7 rings (SSSR count). The second-order valence-corrected chi connectivity index (χ2v) is 12.9. The second-order valence-electron chi connectivity index (χ2n) is 12.9. The van der Waals surface area contributed by atoms with Crippen molar-refractivity contribution in [2.24, 2.45) is 5.41 Å². The molecule has 218 valence electrons. The van der Waals surface area contributed by atoms with Gasteiger partial charge >= 0.3 is 6.01 Å². The summed E-state index contributed by atoms with van der Waals surface area (Å²) in [5, 5.41) is 21.4. The van der Waals surface area contributed by atoms with E-state index < -0.39 is 11.9 Å². The van der Waals surface area contributed by atoms with Gasteiger partial charge in [0.05, 0.1) is 12.7 Å². The van der Waals surface area contributed by atoms with E-state index in [0.29, 0.717) is 41.9 Å². The van der Waals surface area contributed by atoms with Crippen LogP contribution in [0, 0.1) is 11.2 Å². The van der Waals surface area contributed by atoms with Gasteiger partial charge in [0.1, 0.15) is 17.1 Å². The molecule has 1 aromatic heterocycles. The van der Waals surface area contributed by atoms with Crippen LogP contribution in [0.4, 0.5) is 10.2 Å². The number of hydrogen-bond donors (Lipinski definition) is 2. The van der Waals surface area contributed by atoms with Gasteiger partial charge in [0.2, 0.25) is 0 Å². The van der Waals surface area contributed by atoms with Crippen molar-refractivity contribution in [3.63, 3.8) is 0 Å². The number of likely N-dealkylation sites (tertiary alicyclic amines) is 1. The first-order valence-electron chi connectivity index (χ1n) is 15.5. The Kier molecular flexibility index (Phi) is 7.02. The largest absolute Gasteiger partial charge is 0.508 e. The molecule has 8 heteroatoms. The minimum Gasteiger partial charge on any atom is -0.508 e. The number of ether oxygens (including phenoxy) is 1. The van der Waals surface area contributed by atoms with Crippen LogP contribution >= 0.6 is 0 Å². The van der Waals surface area contributed by atoms with Crippen LogP contribution in [0.25, 0.3) is 22.0 Å². The zero-order valence-corrected chi connectivity index (χ0v) is 24.0. The number of rotatable bonds is 6. The quantitative estimate of drug-likeness (QED) is 0.382. The third-order valence-corrected chi connectivity index (χ3v) is 10.4. The highest BCUT2D eigenvalue weighted by Gasteiger charge is 2.47. The van der Waals surface area contributed by atoms with E-state index in [0.717, 1.165) is 69.2 Å². The van der Waals surface area contributed by atoms with E-state index in [-0.39, 0.29) is 22.7 Å². The van der Waals surface area contributed by atoms with Gasteiger partial charge in [-0.25, -0.2) is 4.39 Å². The van der Waals surface area contributed by atoms with E-state index in [9.17, 15) is 10.2 Å². The van der Waals surface area contributed by atoms with Crippen LogP contribution in [-0.2, 0) is 0 Å². The summed E-state index contributed by atoms with van der Waals surface area (Å²) in [5.41, 5.74) is 2.54. The molecule has 3 atom stereocenters. The van der Waals surface area contributed by atoms with Gasteiger partial charge in [-0.2, -0.15) is 9.97 Å². The maximum absolute atomic E-state index is 16.6.